The van der Waals surface area contributed by atoms with Crippen molar-refractivity contribution in [1.29, 1.82) is 0 Å². The molecule has 2 aromatic heterocycles. The summed E-state index contributed by atoms with van der Waals surface area (Å²) in [6.07, 6.45) is 3.13. The van der Waals surface area contributed by atoms with Crippen molar-refractivity contribution in [3.8, 4) is 0 Å². The van der Waals surface area contributed by atoms with E-state index in [1.165, 1.54) is 5.56 Å². The van der Waals surface area contributed by atoms with E-state index in [1.807, 2.05) is 19.9 Å². The van der Waals surface area contributed by atoms with Crippen LogP contribution in [0, 0.1) is 19.8 Å². The number of thiophene rings is 1. The highest BCUT2D eigenvalue weighted by atomic mass is 32.1. The van der Waals surface area contributed by atoms with Gasteiger partial charge in [-0.1, -0.05) is 0 Å². The molecule has 136 valence electrons. The number of anilines is 1. The lowest BCUT2D eigenvalue weighted by Gasteiger charge is -2.33. The fraction of sp³-hybridized carbons (Fsp3) is 0.579. The Labute approximate surface area is 154 Å². The lowest BCUT2D eigenvalue weighted by atomic mass is 10.00. The van der Waals surface area contributed by atoms with Gasteiger partial charge >= 0.3 is 0 Å². The molecule has 0 spiro atoms. The zero-order valence-electron chi connectivity index (χ0n) is 15.1. The molecular formula is C19H28N4OS. The summed E-state index contributed by atoms with van der Waals surface area (Å²) < 4.78 is 0. The molecule has 0 saturated carbocycles. The van der Waals surface area contributed by atoms with E-state index < -0.39 is 0 Å². The normalized spacial score (nSPS) is 17.0. The number of rotatable bonds is 7. The number of aryl methyl sites for hydroxylation is 2. The molecule has 3 heterocycles. The van der Waals surface area contributed by atoms with E-state index in [2.05, 4.69) is 37.0 Å². The first-order valence-corrected chi connectivity index (χ1v) is 10.0. The number of hydrogen-bond acceptors (Lipinski definition) is 6. The van der Waals surface area contributed by atoms with Crippen molar-refractivity contribution in [2.45, 2.75) is 39.2 Å². The van der Waals surface area contributed by atoms with Gasteiger partial charge in [0, 0.05) is 43.7 Å². The van der Waals surface area contributed by atoms with Crippen LogP contribution >= 0.6 is 11.3 Å². The number of aliphatic hydroxyl groups is 1. The first-order valence-electron chi connectivity index (χ1n) is 9.06. The van der Waals surface area contributed by atoms with Gasteiger partial charge in [0.05, 0.1) is 0 Å². The number of hydrogen-bond donors (Lipinski definition) is 2. The molecule has 0 radical (unpaired) electrons. The van der Waals surface area contributed by atoms with Gasteiger partial charge < -0.3 is 15.3 Å². The summed E-state index contributed by atoms with van der Waals surface area (Å²) in [5.74, 6) is 1.15. The fourth-order valence-corrected chi connectivity index (χ4v) is 4.09. The van der Waals surface area contributed by atoms with Crippen LogP contribution in [0.4, 0.5) is 5.95 Å². The maximum absolute atomic E-state index is 9.64. The van der Waals surface area contributed by atoms with Crippen LogP contribution in [0.1, 0.15) is 29.8 Å². The summed E-state index contributed by atoms with van der Waals surface area (Å²) in [5, 5.41) is 17.6. The summed E-state index contributed by atoms with van der Waals surface area (Å²) in [4.78, 5) is 11.4. The molecule has 1 aliphatic heterocycles. The quantitative estimate of drug-likeness (QED) is 0.795. The molecule has 3 rings (SSSR count). The average Bonchev–Trinajstić information content (AvgIpc) is 3.11. The minimum atomic E-state index is 0.234. The predicted molar refractivity (Wildman–Crippen MR) is 103 cm³/mol. The van der Waals surface area contributed by atoms with Crippen molar-refractivity contribution in [2.75, 3.05) is 31.1 Å². The van der Waals surface area contributed by atoms with Crippen LogP contribution < -0.4 is 10.2 Å². The second kappa shape index (κ2) is 8.74. The molecule has 2 N–H and O–H groups in total. The monoisotopic (exact) mass is 360 g/mol. The molecule has 2 aromatic rings. The van der Waals surface area contributed by atoms with Crippen LogP contribution in [0.5, 0.6) is 0 Å². The predicted octanol–water partition coefficient (Wildman–Crippen LogP) is 2.56. The molecule has 1 unspecified atom stereocenters. The molecule has 5 nitrogen and oxygen atoms in total. The third-order valence-electron chi connectivity index (χ3n) is 4.81. The molecule has 1 atom stereocenters. The Hall–Kier alpha value is -1.50. The number of nitrogens with zero attached hydrogens (tertiary/aromatic N) is 3. The van der Waals surface area contributed by atoms with Crippen LogP contribution in [0.3, 0.4) is 0 Å². The topological polar surface area (TPSA) is 61.3 Å². The third-order valence-corrected chi connectivity index (χ3v) is 5.54. The fourth-order valence-electron chi connectivity index (χ4n) is 3.41. The molecule has 6 heteroatoms. The van der Waals surface area contributed by atoms with Crippen LogP contribution in [-0.4, -0.2) is 47.4 Å². The van der Waals surface area contributed by atoms with Gasteiger partial charge in [0.25, 0.3) is 0 Å². The zero-order chi connectivity index (χ0) is 17.6. The first-order chi connectivity index (χ1) is 12.1. The number of piperidine rings is 1. The Morgan fingerprint density at radius 3 is 2.60 bits per heavy atom. The van der Waals surface area contributed by atoms with Crippen molar-refractivity contribution >= 4 is 17.3 Å². The molecule has 1 aliphatic rings. The lowest BCUT2D eigenvalue weighted by molar-refractivity contribution is 0.215. The third kappa shape index (κ3) is 5.23. The van der Waals surface area contributed by atoms with Gasteiger partial charge in [0.2, 0.25) is 5.95 Å². The summed E-state index contributed by atoms with van der Waals surface area (Å²) in [6.45, 7) is 7.11. The van der Waals surface area contributed by atoms with Gasteiger partial charge in [0.1, 0.15) is 0 Å². The Morgan fingerprint density at radius 1 is 1.28 bits per heavy atom. The van der Waals surface area contributed by atoms with Gasteiger partial charge in [-0.05, 0) is 67.5 Å². The summed E-state index contributed by atoms with van der Waals surface area (Å²) in [7, 11) is 0. The van der Waals surface area contributed by atoms with E-state index in [0.29, 0.717) is 6.04 Å². The van der Waals surface area contributed by atoms with Crippen molar-refractivity contribution in [2.24, 2.45) is 5.92 Å². The van der Waals surface area contributed by atoms with E-state index in [0.717, 1.165) is 56.2 Å². The molecule has 0 aromatic carbocycles. The van der Waals surface area contributed by atoms with Crippen molar-refractivity contribution in [1.82, 2.24) is 15.3 Å². The standard InChI is InChI=1S/C19H28N4OS/c1-14-9-15(2)22-19(21-14)23-6-3-18(4-7-23)20-11-17(12-24)10-16-5-8-25-13-16/h5,8-9,13,17-18,20,24H,3-4,6-7,10-12H2,1-2H3. The van der Waals surface area contributed by atoms with E-state index >= 15 is 0 Å². The lowest BCUT2D eigenvalue weighted by Crippen LogP contribution is -2.45. The Balaban J connectivity index is 1.45. The highest BCUT2D eigenvalue weighted by molar-refractivity contribution is 7.07. The summed E-state index contributed by atoms with van der Waals surface area (Å²) in [6, 6.07) is 4.68. The van der Waals surface area contributed by atoms with Crippen LogP contribution in [0.15, 0.2) is 22.9 Å². The minimum absolute atomic E-state index is 0.234. The van der Waals surface area contributed by atoms with Gasteiger partial charge in [-0.15, -0.1) is 0 Å². The highest BCUT2D eigenvalue weighted by Crippen LogP contribution is 2.18. The molecule has 0 aliphatic carbocycles. The van der Waals surface area contributed by atoms with Crippen LogP contribution in [0.2, 0.25) is 0 Å². The average molecular weight is 361 g/mol. The highest BCUT2D eigenvalue weighted by Gasteiger charge is 2.22. The SMILES string of the molecule is Cc1cc(C)nc(N2CCC(NCC(CO)Cc3ccsc3)CC2)n1. The Kier molecular flexibility index (Phi) is 6.39. The largest absolute Gasteiger partial charge is 0.396 e. The first kappa shape index (κ1) is 18.3. The second-order valence-electron chi connectivity index (χ2n) is 7.00. The maximum atomic E-state index is 9.64. The Morgan fingerprint density at radius 2 is 2.00 bits per heavy atom. The van der Waals surface area contributed by atoms with Gasteiger partial charge in [-0.25, -0.2) is 9.97 Å². The molecule has 0 amide bonds. The number of aliphatic hydroxyl groups excluding tert-OH is 1. The second-order valence-corrected chi connectivity index (χ2v) is 7.78. The van der Waals surface area contributed by atoms with Gasteiger partial charge in [-0.3, -0.25) is 0 Å². The van der Waals surface area contributed by atoms with Gasteiger partial charge in [-0.2, -0.15) is 11.3 Å². The molecule has 1 saturated heterocycles. The van der Waals surface area contributed by atoms with E-state index in [-0.39, 0.29) is 12.5 Å². The molecule has 25 heavy (non-hydrogen) atoms. The molecular weight excluding hydrogens is 332 g/mol. The summed E-state index contributed by atoms with van der Waals surface area (Å²) >= 11 is 1.72. The molecule has 0 bridgehead atoms. The van der Waals surface area contributed by atoms with E-state index in [9.17, 15) is 5.11 Å². The molecule has 1 fully saturated rings. The smallest absolute Gasteiger partial charge is 0.225 e. The van der Waals surface area contributed by atoms with E-state index in [4.69, 9.17) is 0 Å². The zero-order valence-corrected chi connectivity index (χ0v) is 15.9. The summed E-state index contributed by atoms with van der Waals surface area (Å²) in [5.41, 5.74) is 3.39. The van der Waals surface area contributed by atoms with Crippen LogP contribution in [-0.2, 0) is 6.42 Å². The number of nitrogens with one attached hydrogen (secondary N) is 1. The van der Waals surface area contributed by atoms with Crippen LogP contribution in [0.25, 0.3) is 0 Å². The van der Waals surface area contributed by atoms with Gasteiger partial charge in [0.15, 0.2) is 0 Å². The van der Waals surface area contributed by atoms with Crippen molar-refractivity contribution < 1.29 is 5.11 Å². The Bertz CT molecular complexity index is 633. The van der Waals surface area contributed by atoms with E-state index in [1.54, 1.807) is 11.3 Å². The maximum Gasteiger partial charge on any atom is 0.225 e. The van der Waals surface area contributed by atoms with Crippen molar-refractivity contribution in [3.63, 3.8) is 0 Å². The minimum Gasteiger partial charge on any atom is -0.396 e. The number of aromatic nitrogens is 2. The van der Waals surface area contributed by atoms with Crippen molar-refractivity contribution in [3.05, 3.63) is 39.8 Å².